The predicted octanol–water partition coefficient (Wildman–Crippen LogP) is 1.96. The van der Waals surface area contributed by atoms with E-state index in [4.69, 9.17) is 5.73 Å². The molecule has 140 valence electrons. The summed E-state index contributed by atoms with van der Waals surface area (Å²) < 4.78 is 27.5. The summed E-state index contributed by atoms with van der Waals surface area (Å²) in [6.45, 7) is 4.74. The molecule has 0 saturated carbocycles. The summed E-state index contributed by atoms with van der Waals surface area (Å²) in [5.41, 5.74) is 6.45. The lowest BCUT2D eigenvalue weighted by molar-refractivity contribution is 0.0915. The molecule has 0 saturated heterocycles. The Labute approximate surface area is 158 Å². The number of fused-ring (bicyclic) bond motifs is 1. The Morgan fingerprint density at radius 2 is 2.12 bits per heavy atom. The van der Waals surface area contributed by atoms with Gasteiger partial charge in [0.1, 0.15) is 0 Å². The Bertz CT molecular complexity index is 919. The Hall–Kier alpha value is -1.74. The van der Waals surface area contributed by atoms with E-state index in [0.717, 1.165) is 12.0 Å². The molecule has 1 aromatic carbocycles. The van der Waals surface area contributed by atoms with Gasteiger partial charge in [-0.2, -0.15) is 4.31 Å². The number of amides is 1. The van der Waals surface area contributed by atoms with Gasteiger partial charge in [-0.05, 0) is 55.5 Å². The maximum atomic E-state index is 13.0. The van der Waals surface area contributed by atoms with Crippen molar-refractivity contribution in [1.82, 2.24) is 9.62 Å². The van der Waals surface area contributed by atoms with Crippen LogP contribution >= 0.6 is 11.3 Å². The highest BCUT2D eigenvalue weighted by atomic mass is 32.2. The van der Waals surface area contributed by atoms with E-state index in [-0.39, 0.29) is 17.3 Å². The van der Waals surface area contributed by atoms with Crippen LogP contribution in [0.1, 0.15) is 34.6 Å². The number of thiophene rings is 1. The zero-order valence-electron chi connectivity index (χ0n) is 14.9. The van der Waals surface area contributed by atoms with Crippen LogP contribution in [0.15, 0.2) is 40.6 Å². The molecule has 0 unspecified atom stereocenters. The number of nitrogens with two attached hydrogens (primary N) is 1. The lowest BCUT2D eigenvalue weighted by Crippen LogP contribution is -2.48. The number of hydrogen-bond acceptors (Lipinski definition) is 5. The molecule has 0 fully saturated rings. The van der Waals surface area contributed by atoms with Gasteiger partial charge in [-0.1, -0.05) is 6.07 Å². The molecule has 3 N–H and O–H groups in total. The molecule has 2 heterocycles. The monoisotopic (exact) mass is 393 g/mol. The Morgan fingerprint density at radius 3 is 2.85 bits per heavy atom. The zero-order chi connectivity index (χ0) is 18.9. The fraction of sp³-hybridized carbons (Fsp3) is 0.389. The molecule has 1 aliphatic rings. The van der Waals surface area contributed by atoms with Gasteiger partial charge in [0.05, 0.1) is 4.90 Å². The summed E-state index contributed by atoms with van der Waals surface area (Å²) in [5, 5.41) is 4.81. The van der Waals surface area contributed by atoms with E-state index in [1.807, 2.05) is 25.3 Å². The third-order valence-corrected chi connectivity index (χ3v) is 7.33. The van der Waals surface area contributed by atoms with E-state index in [1.165, 1.54) is 21.3 Å². The molecule has 1 aliphatic heterocycles. The highest BCUT2D eigenvalue weighted by Gasteiger charge is 2.29. The minimum atomic E-state index is -3.65. The Kier molecular flexibility index (Phi) is 5.21. The highest BCUT2D eigenvalue weighted by molar-refractivity contribution is 7.89. The standard InChI is InChI=1S/C18H23N3O3S2/c1-18(2,12-19)20-17(22)13-4-3-5-15(10-13)26(23,24)21-8-6-16-14(11-21)7-9-25-16/h3-5,7,9-10H,6,8,11-12,19H2,1-2H3,(H,20,22). The summed E-state index contributed by atoms with van der Waals surface area (Å²) in [5.74, 6) is -0.337. The lowest BCUT2D eigenvalue weighted by Gasteiger charge is -2.27. The first kappa shape index (κ1) is 19.0. The van der Waals surface area contributed by atoms with Crippen molar-refractivity contribution in [3.8, 4) is 0 Å². The number of rotatable bonds is 5. The predicted molar refractivity (Wildman–Crippen MR) is 103 cm³/mol. The Balaban J connectivity index is 1.84. The van der Waals surface area contributed by atoms with Crippen molar-refractivity contribution >= 4 is 27.3 Å². The van der Waals surface area contributed by atoms with Crippen molar-refractivity contribution in [2.75, 3.05) is 13.1 Å². The number of nitrogens with one attached hydrogen (secondary N) is 1. The summed E-state index contributed by atoms with van der Waals surface area (Å²) in [6.07, 6.45) is 0.719. The van der Waals surface area contributed by atoms with Crippen LogP contribution in [0.2, 0.25) is 0 Å². The third-order valence-electron chi connectivity index (χ3n) is 4.47. The molecular formula is C18H23N3O3S2. The van der Waals surface area contributed by atoms with Crippen LogP contribution in [0.5, 0.6) is 0 Å². The molecule has 6 nitrogen and oxygen atoms in total. The quantitative estimate of drug-likeness (QED) is 0.812. The number of sulfonamides is 1. The normalized spacial score (nSPS) is 15.5. The van der Waals surface area contributed by atoms with Gasteiger partial charge in [0, 0.05) is 35.6 Å². The average Bonchev–Trinajstić information content (AvgIpc) is 3.09. The summed E-state index contributed by atoms with van der Waals surface area (Å²) in [4.78, 5) is 13.8. The van der Waals surface area contributed by atoms with Crippen molar-refractivity contribution < 1.29 is 13.2 Å². The second-order valence-electron chi connectivity index (χ2n) is 7.03. The van der Waals surface area contributed by atoms with Crippen LogP contribution < -0.4 is 11.1 Å². The number of carbonyl (C=O) groups is 1. The van der Waals surface area contributed by atoms with E-state index in [0.29, 0.717) is 18.7 Å². The molecule has 1 amide bonds. The highest BCUT2D eigenvalue weighted by Crippen LogP contribution is 2.28. The smallest absolute Gasteiger partial charge is 0.251 e. The van der Waals surface area contributed by atoms with Crippen molar-refractivity contribution in [3.05, 3.63) is 51.7 Å². The fourth-order valence-corrected chi connectivity index (χ4v) is 5.16. The molecule has 1 aromatic heterocycles. The molecule has 0 radical (unpaired) electrons. The largest absolute Gasteiger partial charge is 0.346 e. The van der Waals surface area contributed by atoms with E-state index < -0.39 is 15.6 Å². The van der Waals surface area contributed by atoms with Gasteiger partial charge in [0.2, 0.25) is 10.0 Å². The fourth-order valence-electron chi connectivity index (χ4n) is 2.81. The molecule has 2 aromatic rings. The van der Waals surface area contributed by atoms with Gasteiger partial charge >= 0.3 is 0 Å². The first-order valence-corrected chi connectivity index (χ1v) is 10.7. The first-order chi connectivity index (χ1) is 12.2. The van der Waals surface area contributed by atoms with Gasteiger partial charge in [-0.15, -0.1) is 11.3 Å². The van der Waals surface area contributed by atoms with Gasteiger partial charge in [0.25, 0.3) is 5.91 Å². The van der Waals surface area contributed by atoms with Crippen LogP contribution in [-0.4, -0.2) is 37.3 Å². The van der Waals surface area contributed by atoms with Gasteiger partial charge < -0.3 is 11.1 Å². The SMILES string of the molecule is CC(C)(CN)NC(=O)c1cccc(S(=O)(=O)N2CCc3sccc3C2)c1. The summed E-state index contributed by atoms with van der Waals surface area (Å²) >= 11 is 1.66. The van der Waals surface area contributed by atoms with E-state index in [1.54, 1.807) is 23.5 Å². The lowest BCUT2D eigenvalue weighted by atomic mass is 10.1. The van der Waals surface area contributed by atoms with Crippen LogP contribution in [0.3, 0.4) is 0 Å². The van der Waals surface area contributed by atoms with Crippen LogP contribution in [0.4, 0.5) is 0 Å². The Morgan fingerprint density at radius 1 is 1.35 bits per heavy atom. The number of benzene rings is 1. The molecule has 26 heavy (non-hydrogen) atoms. The van der Waals surface area contributed by atoms with Crippen molar-refractivity contribution in [2.24, 2.45) is 5.73 Å². The topological polar surface area (TPSA) is 92.5 Å². The molecule has 0 bridgehead atoms. The van der Waals surface area contributed by atoms with E-state index in [9.17, 15) is 13.2 Å². The van der Waals surface area contributed by atoms with Gasteiger partial charge in [0.15, 0.2) is 0 Å². The van der Waals surface area contributed by atoms with E-state index >= 15 is 0 Å². The maximum absolute atomic E-state index is 13.0. The first-order valence-electron chi connectivity index (χ1n) is 8.41. The third kappa shape index (κ3) is 3.83. The molecule has 3 rings (SSSR count). The van der Waals surface area contributed by atoms with Crippen molar-refractivity contribution in [1.29, 1.82) is 0 Å². The van der Waals surface area contributed by atoms with Crippen molar-refractivity contribution in [3.63, 3.8) is 0 Å². The number of nitrogens with zero attached hydrogens (tertiary/aromatic N) is 1. The minimum absolute atomic E-state index is 0.134. The number of hydrogen-bond donors (Lipinski definition) is 2. The molecule has 0 spiro atoms. The van der Waals surface area contributed by atoms with Gasteiger partial charge in [-0.25, -0.2) is 8.42 Å². The molecule has 8 heteroatoms. The summed E-state index contributed by atoms with van der Waals surface area (Å²) in [6, 6.07) is 8.13. The van der Waals surface area contributed by atoms with Gasteiger partial charge in [-0.3, -0.25) is 4.79 Å². The number of carbonyl (C=O) groups excluding carboxylic acids is 1. The van der Waals surface area contributed by atoms with E-state index in [2.05, 4.69) is 5.32 Å². The maximum Gasteiger partial charge on any atom is 0.251 e. The molecule has 0 aliphatic carbocycles. The second kappa shape index (κ2) is 7.11. The van der Waals surface area contributed by atoms with Crippen LogP contribution in [0.25, 0.3) is 0 Å². The van der Waals surface area contributed by atoms with Crippen LogP contribution in [0, 0.1) is 0 Å². The second-order valence-corrected chi connectivity index (χ2v) is 9.97. The molecule has 0 atom stereocenters. The molecular weight excluding hydrogens is 370 g/mol. The summed E-state index contributed by atoms with van der Waals surface area (Å²) in [7, 11) is -3.65. The minimum Gasteiger partial charge on any atom is -0.346 e. The average molecular weight is 394 g/mol. The van der Waals surface area contributed by atoms with Crippen LogP contribution in [-0.2, 0) is 23.0 Å². The van der Waals surface area contributed by atoms with Crippen molar-refractivity contribution in [2.45, 2.75) is 37.2 Å². The zero-order valence-corrected chi connectivity index (χ0v) is 16.5.